The van der Waals surface area contributed by atoms with Gasteiger partial charge in [-0.1, -0.05) is 31.5 Å². The quantitative estimate of drug-likeness (QED) is 0.690. The van der Waals surface area contributed by atoms with E-state index in [1.807, 2.05) is 11.8 Å². The lowest BCUT2D eigenvalue weighted by molar-refractivity contribution is 0.516. The van der Waals surface area contributed by atoms with E-state index in [0.717, 1.165) is 11.0 Å². The van der Waals surface area contributed by atoms with Gasteiger partial charge >= 0.3 is 0 Å². The zero-order valence-corrected chi connectivity index (χ0v) is 8.35. The van der Waals surface area contributed by atoms with Crippen LogP contribution in [0.5, 0.6) is 0 Å². The van der Waals surface area contributed by atoms with E-state index in [-0.39, 0.29) is 0 Å². The Morgan fingerprint density at radius 1 is 1.36 bits per heavy atom. The summed E-state index contributed by atoms with van der Waals surface area (Å²) in [5, 5.41) is 0.838. The second-order valence-electron chi connectivity index (χ2n) is 3.04. The van der Waals surface area contributed by atoms with Crippen LogP contribution < -0.4 is 5.73 Å². The molecule has 1 fully saturated rings. The van der Waals surface area contributed by atoms with Crippen molar-refractivity contribution in [1.82, 2.24) is 0 Å². The van der Waals surface area contributed by atoms with Gasteiger partial charge in [-0.2, -0.15) is 11.8 Å². The summed E-state index contributed by atoms with van der Waals surface area (Å²) in [5.74, 6) is 0.875. The summed E-state index contributed by atoms with van der Waals surface area (Å²) in [4.78, 5) is 0.653. The molecule has 0 aromatic carbocycles. The third-order valence-electron chi connectivity index (χ3n) is 2.01. The Morgan fingerprint density at radius 3 is 2.55 bits per heavy atom. The number of hydrogen-bond acceptors (Lipinski definition) is 2. The highest BCUT2D eigenvalue weighted by Gasteiger charge is 2.13. The third-order valence-corrected chi connectivity index (χ3v) is 3.76. The van der Waals surface area contributed by atoms with Gasteiger partial charge in [0, 0.05) is 11.0 Å². The minimum absolute atomic E-state index is 0.653. The van der Waals surface area contributed by atoms with Crippen molar-refractivity contribution in [1.29, 1.82) is 0 Å². The van der Waals surface area contributed by atoms with Gasteiger partial charge in [-0.05, 0) is 12.8 Å². The zero-order valence-electron chi connectivity index (χ0n) is 6.71. The highest BCUT2D eigenvalue weighted by molar-refractivity contribution is 8.01. The Hall–Kier alpha value is 0.240. The van der Waals surface area contributed by atoms with Crippen LogP contribution in [-0.2, 0) is 0 Å². The molecule has 0 aromatic rings. The van der Waals surface area contributed by atoms with E-state index in [2.05, 4.69) is 0 Å². The number of nitrogens with two attached hydrogens (primary N) is 1. The fourth-order valence-corrected chi connectivity index (χ4v) is 2.70. The van der Waals surface area contributed by atoms with Gasteiger partial charge in [0.2, 0.25) is 0 Å². The van der Waals surface area contributed by atoms with Gasteiger partial charge in [0.25, 0.3) is 0 Å². The Kier molecular flexibility index (Phi) is 4.23. The molecule has 0 aromatic heterocycles. The Morgan fingerprint density at radius 2 is 2.00 bits per heavy atom. The van der Waals surface area contributed by atoms with E-state index in [1.165, 1.54) is 32.1 Å². The second-order valence-corrected chi connectivity index (χ2v) is 4.85. The monoisotopic (exact) mass is 189 g/mol. The van der Waals surface area contributed by atoms with E-state index < -0.39 is 0 Å². The van der Waals surface area contributed by atoms with Gasteiger partial charge in [-0.3, -0.25) is 0 Å². The zero-order chi connectivity index (χ0) is 8.10. The van der Waals surface area contributed by atoms with Crippen LogP contribution in [-0.4, -0.2) is 16.0 Å². The SMILES string of the molecule is NC(=S)CSC1CCCCC1. The minimum Gasteiger partial charge on any atom is -0.393 e. The van der Waals surface area contributed by atoms with E-state index in [9.17, 15) is 0 Å². The Bertz CT molecular complexity index is 130. The smallest absolute Gasteiger partial charge is 0.0827 e. The van der Waals surface area contributed by atoms with Gasteiger partial charge in [0.1, 0.15) is 0 Å². The number of thiocarbonyl (C=S) groups is 1. The first-order valence-electron chi connectivity index (χ1n) is 4.19. The minimum atomic E-state index is 0.653. The molecule has 1 aliphatic carbocycles. The van der Waals surface area contributed by atoms with E-state index >= 15 is 0 Å². The first-order chi connectivity index (χ1) is 5.29. The summed E-state index contributed by atoms with van der Waals surface area (Å²) < 4.78 is 0. The van der Waals surface area contributed by atoms with Crippen molar-refractivity contribution < 1.29 is 0 Å². The van der Waals surface area contributed by atoms with Crippen LogP contribution in [0.2, 0.25) is 0 Å². The van der Waals surface area contributed by atoms with Gasteiger partial charge in [0.05, 0.1) is 4.99 Å². The summed E-state index contributed by atoms with van der Waals surface area (Å²) in [5.41, 5.74) is 5.42. The van der Waals surface area contributed by atoms with Gasteiger partial charge in [-0.15, -0.1) is 0 Å². The molecular weight excluding hydrogens is 174 g/mol. The molecule has 0 bridgehead atoms. The molecular formula is C8H15NS2. The molecule has 1 nitrogen and oxygen atoms in total. The van der Waals surface area contributed by atoms with E-state index in [0.29, 0.717) is 4.99 Å². The van der Waals surface area contributed by atoms with Crippen molar-refractivity contribution in [2.75, 3.05) is 5.75 Å². The molecule has 0 amide bonds. The van der Waals surface area contributed by atoms with Crippen LogP contribution in [0.4, 0.5) is 0 Å². The largest absolute Gasteiger partial charge is 0.393 e. The predicted molar refractivity (Wildman–Crippen MR) is 56.1 cm³/mol. The van der Waals surface area contributed by atoms with Crippen LogP contribution in [0.3, 0.4) is 0 Å². The summed E-state index contributed by atoms with van der Waals surface area (Å²) in [6.07, 6.45) is 6.95. The van der Waals surface area contributed by atoms with Crippen molar-refractivity contribution in [3.63, 3.8) is 0 Å². The summed E-state index contributed by atoms with van der Waals surface area (Å²) >= 11 is 6.76. The highest BCUT2D eigenvalue weighted by atomic mass is 32.2. The van der Waals surface area contributed by atoms with E-state index in [1.54, 1.807) is 0 Å². The lowest BCUT2D eigenvalue weighted by Gasteiger charge is -2.20. The molecule has 0 unspecified atom stereocenters. The lowest BCUT2D eigenvalue weighted by Crippen LogP contribution is -2.15. The highest BCUT2D eigenvalue weighted by Crippen LogP contribution is 2.27. The standard InChI is InChI=1S/C8H15NS2/c9-8(10)6-11-7-4-2-1-3-5-7/h7H,1-6H2,(H2,9,10). The molecule has 1 saturated carbocycles. The van der Waals surface area contributed by atoms with Crippen molar-refractivity contribution in [3.8, 4) is 0 Å². The summed E-state index contributed by atoms with van der Waals surface area (Å²) in [7, 11) is 0. The maximum atomic E-state index is 5.42. The molecule has 0 aliphatic heterocycles. The van der Waals surface area contributed by atoms with Crippen LogP contribution >= 0.6 is 24.0 Å². The summed E-state index contributed by atoms with van der Waals surface area (Å²) in [6.45, 7) is 0. The molecule has 0 heterocycles. The molecule has 0 radical (unpaired) electrons. The number of thioether (sulfide) groups is 1. The molecule has 64 valence electrons. The van der Waals surface area contributed by atoms with Crippen LogP contribution in [0.25, 0.3) is 0 Å². The van der Waals surface area contributed by atoms with Gasteiger partial charge in [-0.25, -0.2) is 0 Å². The second kappa shape index (κ2) is 4.99. The molecule has 0 atom stereocenters. The Labute approximate surface area is 78.1 Å². The molecule has 0 spiro atoms. The van der Waals surface area contributed by atoms with Crippen molar-refractivity contribution in [3.05, 3.63) is 0 Å². The van der Waals surface area contributed by atoms with Crippen molar-refractivity contribution in [2.24, 2.45) is 5.73 Å². The predicted octanol–water partition coefficient (Wildman–Crippen LogP) is 2.34. The fraction of sp³-hybridized carbons (Fsp3) is 0.875. The molecule has 3 heteroatoms. The normalized spacial score (nSPS) is 20.0. The first-order valence-corrected chi connectivity index (χ1v) is 5.64. The van der Waals surface area contributed by atoms with Gasteiger partial charge < -0.3 is 5.73 Å². The topological polar surface area (TPSA) is 26.0 Å². The average molecular weight is 189 g/mol. The number of rotatable bonds is 3. The molecule has 0 saturated heterocycles. The lowest BCUT2D eigenvalue weighted by atomic mass is 10.0. The maximum absolute atomic E-state index is 5.42. The first kappa shape index (κ1) is 9.33. The number of hydrogen-bond donors (Lipinski definition) is 1. The molecule has 11 heavy (non-hydrogen) atoms. The van der Waals surface area contributed by atoms with Crippen LogP contribution in [0.1, 0.15) is 32.1 Å². The summed E-state index contributed by atoms with van der Waals surface area (Å²) in [6, 6.07) is 0. The average Bonchev–Trinajstić information content (AvgIpc) is 2.03. The molecule has 1 rings (SSSR count). The third kappa shape index (κ3) is 3.97. The molecule has 2 N–H and O–H groups in total. The van der Waals surface area contributed by atoms with Crippen LogP contribution in [0.15, 0.2) is 0 Å². The van der Waals surface area contributed by atoms with Gasteiger partial charge in [0.15, 0.2) is 0 Å². The molecule has 1 aliphatic rings. The van der Waals surface area contributed by atoms with Crippen molar-refractivity contribution in [2.45, 2.75) is 37.4 Å². The van der Waals surface area contributed by atoms with E-state index in [4.69, 9.17) is 18.0 Å². The van der Waals surface area contributed by atoms with Crippen LogP contribution in [0, 0.1) is 0 Å². The maximum Gasteiger partial charge on any atom is 0.0827 e. The Balaban J connectivity index is 2.09. The van der Waals surface area contributed by atoms with Crippen molar-refractivity contribution >= 4 is 29.0 Å². The fourth-order valence-electron chi connectivity index (χ4n) is 1.43.